The van der Waals surface area contributed by atoms with E-state index in [0.29, 0.717) is 29.7 Å². The lowest BCUT2D eigenvalue weighted by Crippen LogP contribution is -1.93. The van der Waals surface area contributed by atoms with Crippen molar-refractivity contribution in [1.82, 2.24) is 4.98 Å². The van der Waals surface area contributed by atoms with Gasteiger partial charge in [0.1, 0.15) is 5.75 Å². The van der Waals surface area contributed by atoms with Crippen LogP contribution >= 0.6 is 0 Å². The number of hydrogen-bond donors (Lipinski definition) is 3. The number of nitrogens with zero attached hydrogens (tertiary/aromatic N) is 2. The molecule has 27 heavy (non-hydrogen) atoms. The molecule has 0 unspecified atom stereocenters. The largest absolute Gasteiger partial charge is 0.507 e. The number of terminal acetylenes is 1. The summed E-state index contributed by atoms with van der Waals surface area (Å²) in [5.41, 5.74) is 15.5. The predicted octanol–water partition coefficient (Wildman–Crippen LogP) is 3.78. The highest BCUT2D eigenvalue weighted by Crippen LogP contribution is 2.30. The number of aromatic nitrogens is 1. The van der Waals surface area contributed by atoms with Crippen LogP contribution in [-0.2, 0) is 0 Å². The number of rotatable bonds is 5. The normalized spacial score (nSPS) is 10.9. The molecule has 0 fully saturated rings. The molecule has 2 rings (SSSR count). The molecule has 2 aromatic rings. The van der Waals surface area contributed by atoms with Crippen molar-refractivity contribution < 1.29 is 5.11 Å². The van der Waals surface area contributed by atoms with Gasteiger partial charge in [0.05, 0.1) is 17.7 Å². The fourth-order valence-electron chi connectivity index (χ4n) is 2.20. The first kappa shape index (κ1) is 23.6. The van der Waals surface area contributed by atoms with Gasteiger partial charge in [-0.1, -0.05) is 24.8 Å². The van der Waals surface area contributed by atoms with Crippen LogP contribution in [0.1, 0.15) is 12.5 Å². The molecule has 0 atom stereocenters. The molecule has 5 N–H and O–H groups in total. The first-order chi connectivity index (χ1) is 13.0. The molecule has 5 nitrogen and oxygen atoms in total. The Morgan fingerprint density at radius 3 is 2.63 bits per heavy atom. The Bertz CT molecular complexity index is 848. The Morgan fingerprint density at radius 2 is 2.07 bits per heavy atom. The van der Waals surface area contributed by atoms with Crippen LogP contribution in [0.5, 0.6) is 5.75 Å². The lowest BCUT2D eigenvalue weighted by Gasteiger charge is -2.05. The van der Waals surface area contributed by atoms with Crippen LogP contribution in [0.4, 0.5) is 5.69 Å². The molecular formula is C22H28N4O. The van der Waals surface area contributed by atoms with Gasteiger partial charge in [-0.25, -0.2) is 0 Å². The second-order valence-corrected chi connectivity index (χ2v) is 5.46. The number of aliphatic imine (C=N–C) groups is 1. The minimum absolute atomic E-state index is 0.231. The maximum absolute atomic E-state index is 9.58. The molecule has 0 radical (unpaired) electrons. The van der Waals surface area contributed by atoms with Crippen molar-refractivity contribution in [3.05, 3.63) is 65.9 Å². The highest BCUT2D eigenvalue weighted by atomic mass is 16.3. The molecule has 0 amide bonds. The molecular weight excluding hydrogens is 336 g/mol. The number of aryl methyl sites for hydroxylation is 1. The summed E-state index contributed by atoms with van der Waals surface area (Å²) in [5.74, 6) is 0.231. The third-order valence-corrected chi connectivity index (χ3v) is 3.66. The van der Waals surface area contributed by atoms with Crippen molar-refractivity contribution in [2.75, 3.05) is 18.8 Å². The zero-order chi connectivity index (χ0) is 20.8. The van der Waals surface area contributed by atoms with E-state index in [4.69, 9.17) is 11.5 Å². The first-order valence-electron chi connectivity index (χ1n) is 8.23. The number of anilines is 1. The van der Waals surface area contributed by atoms with Crippen LogP contribution in [0.2, 0.25) is 0 Å². The van der Waals surface area contributed by atoms with Crippen molar-refractivity contribution in [1.29, 1.82) is 0 Å². The quantitative estimate of drug-likeness (QED) is 0.247. The van der Waals surface area contributed by atoms with Crippen LogP contribution in [-0.4, -0.2) is 29.9 Å². The SMILES string of the molecule is C#C.C=C/C(CN=C)=C(C)/C=C\CN.Cc1cc(O)c2cccnc2c1N. The Balaban J connectivity index is 0.000000461. The molecule has 0 aliphatic rings. The number of phenols is 1. The molecule has 0 bridgehead atoms. The molecule has 0 aliphatic carbocycles. The van der Waals surface area contributed by atoms with E-state index in [2.05, 4.69) is 36.1 Å². The number of pyridine rings is 1. The van der Waals surface area contributed by atoms with Crippen molar-refractivity contribution in [2.24, 2.45) is 10.7 Å². The average Bonchev–Trinajstić information content (AvgIpc) is 2.70. The summed E-state index contributed by atoms with van der Waals surface area (Å²) >= 11 is 0. The van der Waals surface area contributed by atoms with E-state index in [1.807, 2.05) is 26.0 Å². The maximum Gasteiger partial charge on any atom is 0.125 e. The summed E-state index contributed by atoms with van der Waals surface area (Å²) in [6, 6.07) is 5.23. The van der Waals surface area contributed by atoms with E-state index in [-0.39, 0.29) is 5.75 Å². The van der Waals surface area contributed by atoms with E-state index in [1.165, 1.54) is 0 Å². The first-order valence-corrected chi connectivity index (χ1v) is 8.23. The molecule has 5 heteroatoms. The van der Waals surface area contributed by atoms with E-state index in [9.17, 15) is 5.11 Å². The molecule has 1 heterocycles. The molecule has 0 saturated heterocycles. The number of phenolic OH excluding ortho intramolecular Hbond substituents is 1. The van der Waals surface area contributed by atoms with E-state index < -0.39 is 0 Å². The molecule has 0 saturated carbocycles. The maximum atomic E-state index is 9.58. The van der Waals surface area contributed by atoms with Crippen molar-refractivity contribution in [3.8, 4) is 18.6 Å². The standard InChI is InChI=1S/C10H10N2O.C10H16N2.C2H2/c1-6-5-8(13)7-3-2-4-12-10(7)9(6)11;1-4-10(8-12-3)9(2)6-5-7-11;1-2/h2-5,13H,11H2,1H3;4-6H,1,3,7-8,11H2,2H3;1-2H/b;6-5-,10-9-;. The number of hydrogen-bond acceptors (Lipinski definition) is 5. The summed E-state index contributed by atoms with van der Waals surface area (Å²) in [6.07, 6.45) is 15.3. The third-order valence-electron chi connectivity index (χ3n) is 3.66. The van der Waals surface area contributed by atoms with Gasteiger partial charge in [-0.15, -0.1) is 12.8 Å². The van der Waals surface area contributed by atoms with Gasteiger partial charge in [-0.2, -0.15) is 0 Å². The molecule has 0 spiro atoms. The lowest BCUT2D eigenvalue weighted by atomic mass is 10.1. The Hall–Kier alpha value is -3.36. The zero-order valence-electron chi connectivity index (χ0n) is 16.0. The van der Waals surface area contributed by atoms with Crippen LogP contribution in [0, 0.1) is 19.8 Å². The molecule has 1 aromatic carbocycles. The zero-order valence-corrected chi connectivity index (χ0v) is 16.0. The topological polar surface area (TPSA) is 97.5 Å². The van der Waals surface area contributed by atoms with Crippen LogP contribution < -0.4 is 11.5 Å². The van der Waals surface area contributed by atoms with E-state index in [0.717, 1.165) is 16.7 Å². The van der Waals surface area contributed by atoms with Crippen LogP contribution in [0.3, 0.4) is 0 Å². The second kappa shape index (κ2) is 12.9. The third kappa shape index (κ3) is 7.18. The number of fused-ring (bicyclic) bond motifs is 1. The highest BCUT2D eigenvalue weighted by molar-refractivity contribution is 5.95. The Kier molecular flexibility index (Phi) is 11.3. The van der Waals surface area contributed by atoms with Gasteiger partial charge in [0.15, 0.2) is 0 Å². The van der Waals surface area contributed by atoms with E-state index in [1.54, 1.807) is 30.5 Å². The minimum atomic E-state index is 0.231. The highest BCUT2D eigenvalue weighted by Gasteiger charge is 2.06. The fraction of sp³-hybridized carbons (Fsp3) is 0.182. The summed E-state index contributed by atoms with van der Waals surface area (Å²) < 4.78 is 0. The van der Waals surface area contributed by atoms with Crippen molar-refractivity contribution in [3.63, 3.8) is 0 Å². The monoisotopic (exact) mass is 364 g/mol. The smallest absolute Gasteiger partial charge is 0.125 e. The molecule has 0 aliphatic heterocycles. The summed E-state index contributed by atoms with van der Waals surface area (Å²) in [7, 11) is 0. The summed E-state index contributed by atoms with van der Waals surface area (Å²) in [5, 5.41) is 10.3. The lowest BCUT2D eigenvalue weighted by molar-refractivity contribution is 0.481. The fourth-order valence-corrected chi connectivity index (χ4v) is 2.20. The number of nitrogens with two attached hydrogens (primary N) is 2. The molecule has 142 valence electrons. The van der Waals surface area contributed by atoms with Gasteiger partial charge < -0.3 is 16.6 Å². The van der Waals surface area contributed by atoms with Gasteiger partial charge in [-0.05, 0) is 55.5 Å². The number of benzene rings is 1. The van der Waals surface area contributed by atoms with Gasteiger partial charge in [0, 0.05) is 18.1 Å². The predicted molar refractivity (Wildman–Crippen MR) is 118 cm³/mol. The van der Waals surface area contributed by atoms with Crippen molar-refractivity contribution >= 4 is 23.3 Å². The van der Waals surface area contributed by atoms with Crippen LogP contribution in [0.15, 0.2) is 65.3 Å². The Morgan fingerprint density at radius 1 is 1.41 bits per heavy atom. The summed E-state index contributed by atoms with van der Waals surface area (Å²) in [6.45, 7) is 12.2. The average molecular weight is 364 g/mol. The molecule has 1 aromatic heterocycles. The summed E-state index contributed by atoms with van der Waals surface area (Å²) in [4.78, 5) is 7.91. The number of aromatic hydroxyl groups is 1. The van der Waals surface area contributed by atoms with Gasteiger partial charge >= 0.3 is 0 Å². The minimum Gasteiger partial charge on any atom is -0.507 e. The van der Waals surface area contributed by atoms with E-state index >= 15 is 0 Å². The Labute approximate surface area is 161 Å². The van der Waals surface area contributed by atoms with Gasteiger partial charge in [0.25, 0.3) is 0 Å². The number of nitrogen functional groups attached to an aromatic ring is 1. The number of allylic oxidation sites excluding steroid dienone is 2. The van der Waals surface area contributed by atoms with Gasteiger partial charge in [0.2, 0.25) is 0 Å². The van der Waals surface area contributed by atoms with Crippen molar-refractivity contribution in [2.45, 2.75) is 13.8 Å². The van der Waals surface area contributed by atoms with Gasteiger partial charge in [-0.3, -0.25) is 9.98 Å². The van der Waals surface area contributed by atoms with Crippen LogP contribution in [0.25, 0.3) is 10.9 Å². The second-order valence-electron chi connectivity index (χ2n) is 5.46.